The van der Waals surface area contributed by atoms with Gasteiger partial charge in [-0.3, -0.25) is 0 Å². The summed E-state index contributed by atoms with van der Waals surface area (Å²) in [7, 11) is -2.77. The molecule has 0 heterocycles. The molecule has 0 radical (unpaired) electrons. The van der Waals surface area contributed by atoms with Crippen LogP contribution in [0, 0.1) is 17.8 Å². The van der Waals surface area contributed by atoms with E-state index in [4.69, 9.17) is 0 Å². The molecular formula is C32H67NP2Si4. The fourth-order valence-corrected chi connectivity index (χ4v) is 38.4. The van der Waals surface area contributed by atoms with E-state index in [1.54, 1.807) is 36.0 Å². The van der Waals surface area contributed by atoms with E-state index in [0.29, 0.717) is 5.54 Å². The Kier molecular flexibility index (Phi) is 10.6. The lowest BCUT2D eigenvalue weighted by Crippen LogP contribution is -2.59. The van der Waals surface area contributed by atoms with Crippen LogP contribution in [0.4, 0.5) is 0 Å². The van der Waals surface area contributed by atoms with E-state index >= 15 is 0 Å². The van der Waals surface area contributed by atoms with Gasteiger partial charge in [0, 0.05) is 5.54 Å². The Morgan fingerprint density at radius 2 is 0.744 bits per heavy atom. The van der Waals surface area contributed by atoms with Gasteiger partial charge < -0.3 is 0 Å². The normalized spacial score (nSPS) is 28.3. The average Bonchev–Trinajstić information content (AvgIpc) is 2.76. The molecule has 4 bridgehead atoms. The highest BCUT2D eigenvalue weighted by Gasteiger charge is 2.55. The van der Waals surface area contributed by atoms with Crippen molar-refractivity contribution in [2.75, 3.05) is 0 Å². The summed E-state index contributed by atoms with van der Waals surface area (Å²) in [6, 6.07) is 0. The molecule has 0 N–H and O–H groups in total. The van der Waals surface area contributed by atoms with Crippen molar-refractivity contribution in [1.82, 2.24) is 4.44 Å². The maximum atomic E-state index is 3.24. The summed E-state index contributed by atoms with van der Waals surface area (Å²) >= 11 is 0. The zero-order valence-corrected chi connectivity index (χ0v) is 34.9. The van der Waals surface area contributed by atoms with E-state index in [1.807, 2.05) is 0 Å². The van der Waals surface area contributed by atoms with E-state index in [-0.39, 0.29) is 0 Å². The zero-order valence-electron chi connectivity index (χ0n) is 29.1. The molecule has 0 aromatic rings. The predicted molar refractivity (Wildman–Crippen MR) is 197 cm³/mol. The third-order valence-corrected chi connectivity index (χ3v) is 47.5. The summed E-state index contributed by atoms with van der Waals surface area (Å²) in [5.74, 6) is 3.02. The van der Waals surface area contributed by atoms with E-state index in [1.165, 1.54) is 19.3 Å². The molecule has 0 aliphatic heterocycles. The first-order valence-corrected chi connectivity index (χ1v) is 30.6. The summed E-state index contributed by atoms with van der Waals surface area (Å²) in [4.78, 5) is 0. The Labute approximate surface area is 253 Å². The molecule has 4 fully saturated rings. The van der Waals surface area contributed by atoms with Gasteiger partial charge in [0.25, 0.3) is 0 Å². The first-order valence-electron chi connectivity index (χ1n) is 16.6. The topological polar surface area (TPSA) is 3.24 Å². The molecule has 0 atom stereocenters. The smallest absolute Gasteiger partial charge is 0.0803 e. The third kappa shape index (κ3) is 6.66. The Hall–Kier alpha value is 1.17. The predicted octanol–water partition coefficient (Wildman–Crippen LogP) is 12.0. The van der Waals surface area contributed by atoms with Gasteiger partial charge in [-0.1, -0.05) is 117 Å². The molecule has 0 aromatic carbocycles. The molecule has 39 heavy (non-hydrogen) atoms. The Bertz CT molecular complexity index is 813. The minimum absolute atomic E-state index is 0.459. The molecule has 7 heteroatoms. The standard InChI is InChI=1S/C32H67NP2Si4/c1-23(2)36(9,10)30(37(11,12)24(3)4)34-33(32-20-27-17-28(21-32)19-29(18-27)22-32)35-31(38(13,14)25(5)6)39(15,16)26(7)8/h23-29H,17-22H2,1-16H3. The van der Waals surface area contributed by atoms with Crippen LogP contribution >= 0.6 is 16.7 Å². The highest BCUT2D eigenvalue weighted by atomic mass is 31.1. The van der Waals surface area contributed by atoms with Crippen LogP contribution in [0.3, 0.4) is 0 Å². The number of hydrogen-bond acceptors (Lipinski definition) is 1. The average molecular weight is 640 g/mol. The zero-order chi connectivity index (χ0) is 29.9. The minimum Gasteiger partial charge on any atom is -0.204 e. The molecule has 0 spiro atoms. The summed E-state index contributed by atoms with van der Waals surface area (Å²) in [6.07, 6.45) is 9.14. The van der Waals surface area contributed by atoms with Crippen LogP contribution in [0.2, 0.25) is 74.5 Å². The van der Waals surface area contributed by atoms with Crippen LogP contribution in [0.1, 0.15) is 93.9 Å². The van der Waals surface area contributed by atoms with Crippen molar-refractivity contribution in [3.8, 4) is 0 Å². The first kappa shape index (κ1) is 34.7. The van der Waals surface area contributed by atoms with Crippen LogP contribution in [-0.2, 0) is 0 Å². The van der Waals surface area contributed by atoms with Gasteiger partial charge in [0.2, 0.25) is 0 Å². The number of rotatable bonds is 11. The molecule has 4 saturated carbocycles. The highest BCUT2D eigenvalue weighted by molar-refractivity contribution is 7.71. The van der Waals surface area contributed by atoms with Crippen molar-refractivity contribution in [3.63, 3.8) is 0 Å². The highest BCUT2D eigenvalue weighted by Crippen LogP contribution is 2.61. The molecule has 4 aliphatic carbocycles. The maximum absolute atomic E-state index is 3.24. The Morgan fingerprint density at radius 1 is 0.513 bits per heavy atom. The maximum Gasteiger partial charge on any atom is 0.0803 e. The van der Waals surface area contributed by atoms with Gasteiger partial charge in [0.05, 0.1) is 32.3 Å². The molecule has 0 unspecified atom stereocenters. The van der Waals surface area contributed by atoms with Crippen LogP contribution < -0.4 is 0 Å². The van der Waals surface area contributed by atoms with Gasteiger partial charge in [0.1, 0.15) is 0 Å². The van der Waals surface area contributed by atoms with E-state index in [0.717, 1.165) is 39.9 Å². The quantitative estimate of drug-likeness (QED) is 0.161. The molecule has 226 valence electrons. The van der Waals surface area contributed by atoms with Crippen LogP contribution in [-0.4, -0.2) is 51.4 Å². The van der Waals surface area contributed by atoms with E-state index in [2.05, 4.69) is 121 Å². The van der Waals surface area contributed by atoms with Gasteiger partial charge >= 0.3 is 0 Å². The molecule has 4 aliphatic rings. The van der Waals surface area contributed by atoms with Gasteiger partial charge in [-0.05, 0) is 95.2 Å². The van der Waals surface area contributed by atoms with Crippen molar-refractivity contribution in [2.45, 2.75) is 174 Å². The SMILES string of the molecule is CC(C)[Si](C)(C)C(=PN(P=C([Si](C)(C)C(C)C)[Si](C)(C)C(C)C)C12CC3CC(CC(C3)C1)C2)[Si](C)(C)C(C)C. The van der Waals surface area contributed by atoms with Crippen LogP contribution in [0.5, 0.6) is 0 Å². The molecule has 1 nitrogen and oxygen atoms in total. The van der Waals surface area contributed by atoms with Gasteiger partial charge in [-0.15, -0.1) is 0 Å². The molecule has 0 saturated heterocycles. The van der Waals surface area contributed by atoms with E-state index < -0.39 is 32.3 Å². The van der Waals surface area contributed by atoms with Crippen molar-refractivity contribution >= 4 is 58.1 Å². The summed E-state index contributed by atoms with van der Waals surface area (Å²) in [5.41, 5.74) is 3.71. The number of hydrogen-bond donors (Lipinski definition) is 0. The molecule has 4 rings (SSSR count). The monoisotopic (exact) mass is 639 g/mol. The van der Waals surface area contributed by atoms with Crippen molar-refractivity contribution < 1.29 is 0 Å². The fraction of sp³-hybridized carbons (Fsp3) is 0.938. The largest absolute Gasteiger partial charge is 0.204 e. The summed E-state index contributed by atoms with van der Waals surface area (Å²) < 4.78 is 7.40. The van der Waals surface area contributed by atoms with E-state index in [9.17, 15) is 0 Å². The lowest BCUT2D eigenvalue weighted by molar-refractivity contribution is -0.0305. The third-order valence-electron chi connectivity index (χ3n) is 13.0. The number of nitrogens with zero attached hydrogens (tertiary/aromatic N) is 1. The van der Waals surface area contributed by atoms with Gasteiger partial charge in [0.15, 0.2) is 0 Å². The Morgan fingerprint density at radius 3 is 0.949 bits per heavy atom. The molecule has 0 aromatic heterocycles. The van der Waals surface area contributed by atoms with Crippen LogP contribution in [0.25, 0.3) is 0 Å². The second-order valence-electron chi connectivity index (χ2n) is 17.8. The van der Waals surface area contributed by atoms with Crippen molar-refractivity contribution in [1.29, 1.82) is 0 Å². The molecule has 0 amide bonds. The second-order valence-corrected chi connectivity index (χ2v) is 43.3. The fourth-order valence-electron chi connectivity index (χ4n) is 8.00. The van der Waals surface area contributed by atoms with Crippen LogP contribution in [0.15, 0.2) is 0 Å². The first-order chi connectivity index (χ1) is 17.6. The van der Waals surface area contributed by atoms with Gasteiger partial charge in [-0.2, -0.15) is 0 Å². The Balaban J connectivity index is 2.37. The van der Waals surface area contributed by atoms with Crippen molar-refractivity contribution in [2.24, 2.45) is 17.8 Å². The lowest BCUT2D eigenvalue weighted by atomic mass is 9.53. The minimum atomic E-state index is -1.54. The lowest BCUT2D eigenvalue weighted by Gasteiger charge is -2.59. The van der Waals surface area contributed by atoms with Gasteiger partial charge in [-0.25, -0.2) is 4.44 Å². The summed E-state index contributed by atoms with van der Waals surface area (Å²) in [5, 5.41) is 0. The summed E-state index contributed by atoms with van der Waals surface area (Å²) in [6.45, 7) is 42.4. The van der Waals surface area contributed by atoms with Crippen molar-refractivity contribution in [3.05, 3.63) is 0 Å². The molecular weight excluding hydrogens is 573 g/mol. The second kappa shape index (κ2) is 11.9.